The van der Waals surface area contributed by atoms with E-state index in [4.69, 9.17) is 4.74 Å². The van der Waals surface area contributed by atoms with E-state index in [9.17, 15) is 5.11 Å². The third-order valence-electron chi connectivity index (χ3n) is 2.76. The fourth-order valence-electron chi connectivity index (χ4n) is 1.89. The van der Waals surface area contributed by atoms with Gasteiger partial charge in [0, 0.05) is 7.05 Å². The molecular formula is C14H17BrN2O2. The highest BCUT2D eigenvalue weighted by atomic mass is 79.9. The van der Waals surface area contributed by atoms with Crippen LogP contribution < -0.4 is 4.74 Å². The third kappa shape index (κ3) is 3.16. The molecule has 0 amide bonds. The highest BCUT2D eigenvalue weighted by Crippen LogP contribution is 2.29. The molecule has 102 valence electrons. The van der Waals surface area contributed by atoms with Crippen molar-refractivity contribution < 1.29 is 9.84 Å². The minimum atomic E-state index is -0.713. The Balaban J connectivity index is 2.23. The summed E-state index contributed by atoms with van der Waals surface area (Å²) in [6, 6.07) is 7.45. The van der Waals surface area contributed by atoms with Crippen molar-refractivity contribution >= 4 is 15.9 Å². The lowest BCUT2D eigenvalue weighted by atomic mass is 10.1. The molecule has 4 nitrogen and oxygen atoms in total. The predicted octanol–water partition coefficient (Wildman–Crippen LogP) is 3.05. The number of halogens is 1. The molecule has 0 spiro atoms. The lowest BCUT2D eigenvalue weighted by Crippen LogP contribution is -2.08. The van der Waals surface area contributed by atoms with Crippen LogP contribution in [0.3, 0.4) is 0 Å². The number of nitrogens with zero attached hydrogens (tertiary/aromatic N) is 2. The van der Waals surface area contributed by atoms with Crippen LogP contribution in [0.25, 0.3) is 0 Å². The first-order chi connectivity index (χ1) is 8.99. The number of ether oxygens (including phenoxy) is 1. The van der Waals surface area contributed by atoms with Crippen LogP contribution in [0.4, 0.5) is 0 Å². The Labute approximate surface area is 121 Å². The van der Waals surface area contributed by atoms with Crippen molar-refractivity contribution in [1.82, 2.24) is 9.78 Å². The van der Waals surface area contributed by atoms with E-state index in [0.717, 1.165) is 21.5 Å². The summed E-state index contributed by atoms with van der Waals surface area (Å²) in [4.78, 5) is 0. The van der Waals surface area contributed by atoms with Crippen molar-refractivity contribution in [2.24, 2.45) is 7.05 Å². The quantitative estimate of drug-likeness (QED) is 0.940. The van der Waals surface area contributed by atoms with E-state index in [-0.39, 0.29) is 6.10 Å². The molecule has 0 saturated heterocycles. The zero-order chi connectivity index (χ0) is 14.0. The van der Waals surface area contributed by atoms with Gasteiger partial charge in [-0.15, -0.1) is 0 Å². The van der Waals surface area contributed by atoms with E-state index in [1.54, 1.807) is 17.9 Å². The molecule has 1 aromatic heterocycles. The van der Waals surface area contributed by atoms with Crippen LogP contribution in [0, 0.1) is 0 Å². The molecule has 0 radical (unpaired) electrons. The Hall–Kier alpha value is -1.33. The second-order valence-electron chi connectivity index (χ2n) is 4.64. The summed E-state index contributed by atoms with van der Waals surface area (Å²) in [5.41, 5.74) is 1.54. The van der Waals surface area contributed by atoms with Gasteiger partial charge in [0.25, 0.3) is 0 Å². The standard InChI is InChI=1S/C14H17BrN2O2/c1-9(2)19-11-6-4-10(5-7-11)14(18)13-12(15)8-16-17(13)3/h4-9,14,18H,1-3H3. The lowest BCUT2D eigenvalue weighted by molar-refractivity contribution is 0.208. The average molecular weight is 325 g/mol. The molecule has 2 aromatic rings. The first kappa shape index (κ1) is 14.1. The zero-order valence-electron chi connectivity index (χ0n) is 11.2. The maximum atomic E-state index is 10.4. The van der Waals surface area contributed by atoms with Crippen LogP contribution in [0.1, 0.15) is 31.2 Å². The van der Waals surface area contributed by atoms with Gasteiger partial charge in [-0.25, -0.2) is 0 Å². The molecule has 2 rings (SSSR count). The summed E-state index contributed by atoms with van der Waals surface area (Å²) in [7, 11) is 1.81. The molecule has 0 saturated carbocycles. The van der Waals surface area contributed by atoms with Crippen molar-refractivity contribution in [1.29, 1.82) is 0 Å². The number of aryl methyl sites for hydroxylation is 1. The minimum Gasteiger partial charge on any atom is -0.491 e. The third-order valence-corrected chi connectivity index (χ3v) is 3.38. The SMILES string of the molecule is CC(C)Oc1ccc(C(O)c2c(Br)cnn2C)cc1. The summed E-state index contributed by atoms with van der Waals surface area (Å²) < 4.78 is 8.03. The summed E-state index contributed by atoms with van der Waals surface area (Å²) in [5.74, 6) is 0.801. The smallest absolute Gasteiger partial charge is 0.122 e. The molecule has 0 fully saturated rings. The monoisotopic (exact) mass is 324 g/mol. The Morgan fingerprint density at radius 1 is 1.26 bits per heavy atom. The molecule has 1 aromatic carbocycles. The summed E-state index contributed by atoms with van der Waals surface area (Å²) in [6.45, 7) is 3.96. The molecule has 0 aliphatic carbocycles. The fourth-order valence-corrected chi connectivity index (χ4v) is 2.45. The molecule has 19 heavy (non-hydrogen) atoms. The van der Waals surface area contributed by atoms with Crippen molar-refractivity contribution in [3.63, 3.8) is 0 Å². The number of hydrogen-bond acceptors (Lipinski definition) is 3. The normalized spacial score (nSPS) is 12.7. The Morgan fingerprint density at radius 2 is 1.89 bits per heavy atom. The van der Waals surface area contributed by atoms with Crippen molar-refractivity contribution in [2.75, 3.05) is 0 Å². The predicted molar refractivity (Wildman–Crippen MR) is 77.2 cm³/mol. The van der Waals surface area contributed by atoms with Crippen LogP contribution >= 0.6 is 15.9 Å². The summed E-state index contributed by atoms with van der Waals surface area (Å²) >= 11 is 3.39. The molecule has 1 unspecified atom stereocenters. The van der Waals surface area contributed by atoms with Gasteiger partial charge in [-0.1, -0.05) is 12.1 Å². The van der Waals surface area contributed by atoms with Crippen LogP contribution in [-0.2, 0) is 7.05 Å². The van der Waals surface area contributed by atoms with E-state index in [1.165, 1.54) is 0 Å². The van der Waals surface area contributed by atoms with Gasteiger partial charge in [0.05, 0.1) is 22.5 Å². The number of benzene rings is 1. The van der Waals surface area contributed by atoms with Gasteiger partial charge in [-0.2, -0.15) is 5.10 Å². The van der Waals surface area contributed by atoms with Crippen molar-refractivity contribution in [3.8, 4) is 5.75 Å². The number of hydrogen-bond donors (Lipinski definition) is 1. The van der Waals surface area contributed by atoms with E-state index in [2.05, 4.69) is 21.0 Å². The van der Waals surface area contributed by atoms with E-state index in [1.807, 2.05) is 38.1 Å². The first-order valence-corrected chi connectivity index (χ1v) is 6.90. The summed E-state index contributed by atoms with van der Waals surface area (Å²) in [5, 5.41) is 14.5. The topological polar surface area (TPSA) is 47.3 Å². The molecular weight excluding hydrogens is 308 g/mol. The van der Waals surface area contributed by atoms with E-state index in [0.29, 0.717) is 0 Å². The second-order valence-corrected chi connectivity index (χ2v) is 5.49. The van der Waals surface area contributed by atoms with Gasteiger partial charge in [0.15, 0.2) is 0 Å². The van der Waals surface area contributed by atoms with Gasteiger partial charge in [0.1, 0.15) is 11.9 Å². The minimum absolute atomic E-state index is 0.141. The highest BCUT2D eigenvalue weighted by molar-refractivity contribution is 9.10. The number of rotatable bonds is 4. The van der Waals surface area contributed by atoms with Gasteiger partial charge in [-0.3, -0.25) is 4.68 Å². The van der Waals surface area contributed by atoms with Crippen LogP contribution in [0.2, 0.25) is 0 Å². The molecule has 5 heteroatoms. The average Bonchev–Trinajstić information content (AvgIpc) is 2.68. The summed E-state index contributed by atoms with van der Waals surface area (Å²) in [6.07, 6.45) is 1.10. The maximum Gasteiger partial charge on any atom is 0.122 e. The zero-order valence-corrected chi connectivity index (χ0v) is 12.8. The second kappa shape index (κ2) is 5.75. The van der Waals surface area contributed by atoms with E-state index >= 15 is 0 Å². The molecule has 1 N–H and O–H groups in total. The van der Waals surface area contributed by atoms with Crippen LogP contribution in [0.15, 0.2) is 34.9 Å². The Bertz CT molecular complexity index is 530. The molecule has 1 heterocycles. The fraction of sp³-hybridized carbons (Fsp3) is 0.357. The van der Waals surface area contributed by atoms with Gasteiger partial charge >= 0.3 is 0 Å². The molecule has 0 bridgehead atoms. The van der Waals surface area contributed by atoms with Crippen molar-refractivity contribution in [3.05, 3.63) is 46.2 Å². The maximum absolute atomic E-state index is 10.4. The lowest BCUT2D eigenvalue weighted by Gasteiger charge is -2.14. The largest absolute Gasteiger partial charge is 0.491 e. The first-order valence-electron chi connectivity index (χ1n) is 6.11. The van der Waals surface area contributed by atoms with Crippen molar-refractivity contribution in [2.45, 2.75) is 26.1 Å². The molecule has 1 atom stereocenters. The highest BCUT2D eigenvalue weighted by Gasteiger charge is 2.18. The Kier molecular flexibility index (Phi) is 4.27. The van der Waals surface area contributed by atoms with Crippen LogP contribution in [-0.4, -0.2) is 21.0 Å². The van der Waals surface area contributed by atoms with Gasteiger partial charge in [0.2, 0.25) is 0 Å². The number of aliphatic hydroxyl groups excluding tert-OH is 1. The van der Waals surface area contributed by atoms with Crippen LogP contribution in [0.5, 0.6) is 5.75 Å². The van der Waals surface area contributed by atoms with E-state index < -0.39 is 6.10 Å². The molecule has 0 aliphatic rings. The number of aliphatic hydroxyl groups is 1. The van der Waals surface area contributed by atoms with Gasteiger partial charge in [-0.05, 0) is 47.5 Å². The number of aromatic nitrogens is 2. The van der Waals surface area contributed by atoms with Gasteiger partial charge < -0.3 is 9.84 Å². The molecule has 0 aliphatic heterocycles. The Morgan fingerprint density at radius 3 is 2.37 bits per heavy atom.